The first-order valence-electron chi connectivity index (χ1n) is 9.32. The summed E-state index contributed by atoms with van der Waals surface area (Å²) in [5.74, 6) is 0. The molecule has 0 fully saturated rings. The van der Waals surface area contributed by atoms with E-state index in [1.807, 2.05) is 6.07 Å². The van der Waals surface area contributed by atoms with E-state index in [2.05, 4.69) is 52.8 Å². The number of H-pyrrole nitrogens is 1. The average molecular weight is 368 g/mol. The maximum absolute atomic E-state index is 5.72. The molecule has 144 valence electrons. The molecule has 5 heteroatoms. The van der Waals surface area contributed by atoms with Crippen LogP contribution in [-0.2, 0) is 20.8 Å². The van der Waals surface area contributed by atoms with Gasteiger partial charge in [-0.3, -0.25) is 0 Å². The Morgan fingerprint density at radius 2 is 1.74 bits per heavy atom. The summed E-state index contributed by atoms with van der Waals surface area (Å²) in [6.45, 7) is 3.37. The quantitative estimate of drug-likeness (QED) is 0.491. The van der Waals surface area contributed by atoms with Crippen LogP contribution in [0.4, 0.5) is 5.69 Å². The van der Waals surface area contributed by atoms with Crippen LogP contribution in [0.3, 0.4) is 0 Å². The zero-order valence-corrected chi connectivity index (χ0v) is 16.1. The molecule has 0 bridgehead atoms. The number of ether oxygens (including phenoxy) is 3. The third kappa shape index (κ3) is 5.32. The Kier molecular flexibility index (Phi) is 7.27. The van der Waals surface area contributed by atoms with Crippen molar-refractivity contribution in [2.45, 2.75) is 13.0 Å². The third-order valence-corrected chi connectivity index (χ3v) is 4.41. The number of methoxy groups -OCH3 is 2. The number of aromatic amines is 1. The van der Waals surface area contributed by atoms with Crippen molar-refractivity contribution in [3.05, 3.63) is 54.1 Å². The molecule has 3 aromatic rings. The molecule has 2 N–H and O–H groups in total. The summed E-state index contributed by atoms with van der Waals surface area (Å²) >= 11 is 0. The number of benzene rings is 2. The van der Waals surface area contributed by atoms with Gasteiger partial charge in [-0.1, -0.05) is 30.3 Å². The van der Waals surface area contributed by atoms with Gasteiger partial charge in [-0.2, -0.15) is 0 Å². The van der Waals surface area contributed by atoms with Crippen molar-refractivity contribution in [2.24, 2.45) is 0 Å². The summed E-state index contributed by atoms with van der Waals surface area (Å²) in [7, 11) is 3.41. The van der Waals surface area contributed by atoms with Gasteiger partial charge in [0.05, 0.1) is 31.0 Å². The van der Waals surface area contributed by atoms with Gasteiger partial charge in [0.25, 0.3) is 0 Å². The van der Waals surface area contributed by atoms with Crippen LogP contribution in [0.15, 0.2) is 48.5 Å². The molecule has 0 saturated heterocycles. The molecule has 0 unspecified atom stereocenters. The lowest BCUT2D eigenvalue weighted by Gasteiger charge is -2.11. The van der Waals surface area contributed by atoms with Crippen LogP contribution in [0.25, 0.3) is 22.2 Å². The Labute approximate surface area is 160 Å². The average Bonchev–Trinajstić information content (AvgIpc) is 3.13. The van der Waals surface area contributed by atoms with Crippen LogP contribution in [0.1, 0.15) is 12.0 Å². The smallest absolute Gasteiger partial charge is 0.0719 e. The molecule has 0 radical (unpaired) electrons. The molecule has 27 heavy (non-hydrogen) atoms. The highest BCUT2D eigenvalue weighted by atomic mass is 16.5. The molecule has 3 rings (SSSR count). The summed E-state index contributed by atoms with van der Waals surface area (Å²) in [5.41, 5.74) is 5.65. The molecular weight excluding hydrogens is 340 g/mol. The maximum Gasteiger partial charge on any atom is 0.0719 e. The minimum Gasteiger partial charge on any atom is -0.385 e. The minimum atomic E-state index is 0.567. The second-order valence-electron chi connectivity index (χ2n) is 6.48. The standard InChI is InChI=1S/C22H28N2O3/c1-25-10-6-9-23-21-14-17(16-27-12-11-26-2)13-19-15-20(24-22(19)21)18-7-4-3-5-8-18/h3-5,7-8,13-15,23-24H,6,9-12,16H2,1-2H3. The largest absolute Gasteiger partial charge is 0.385 e. The van der Waals surface area contributed by atoms with Crippen LogP contribution >= 0.6 is 0 Å². The molecule has 0 aliphatic heterocycles. The summed E-state index contributed by atoms with van der Waals surface area (Å²) in [5, 5.41) is 4.71. The highest BCUT2D eigenvalue weighted by Gasteiger charge is 2.10. The van der Waals surface area contributed by atoms with Crippen molar-refractivity contribution < 1.29 is 14.2 Å². The molecule has 0 aliphatic carbocycles. The molecule has 1 aromatic heterocycles. The van der Waals surface area contributed by atoms with E-state index >= 15 is 0 Å². The zero-order valence-electron chi connectivity index (χ0n) is 16.1. The zero-order chi connectivity index (χ0) is 18.9. The van der Waals surface area contributed by atoms with Crippen LogP contribution in [-0.4, -0.2) is 45.6 Å². The third-order valence-electron chi connectivity index (χ3n) is 4.41. The Morgan fingerprint density at radius 3 is 2.52 bits per heavy atom. The van der Waals surface area contributed by atoms with Gasteiger partial charge in [0.2, 0.25) is 0 Å². The fourth-order valence-corrected chi connectivity index (χ4v) is 3.07. The molecule has 0 atom stereocenters. The van der Waals surface area contributed by atoms with Gasteiger partial charge in [-0.15, -0.1) is 0 Å². The van der Waals surface area contributed by atoms with Gasteiger partial charge in [0, 0.05) is 38.5 Å². The monoisotopic (exact) mass is 368 g/mol. The minimum absolute atomic E-state index is 0.567. The molecule has 0 saturated carbocycles. The van der Waals surface area contributed by atoms with E-state index in [0.29, 0.717) is 19.8 Å². The lowest BCUT2D eigenvalue weighted by molar-refractivity contribution is 0.0617. The Morgan fingerprint density at radius 1 is 0.926 bits per heavy atom. The number of fused-ring (bicyclic) bond motifs is 1. The first kappa shape index (κ1) is 19.4. The first-order chi connectivity index (χ1) is 13.3. The van der Waals surface area contributed by atoms with Gasteiger partial charge < -0.3 is 24.5 Å². The lowest BCUT2D eigenvalue weighted by atomic mass is 10.1. The summed E-state index contributed by atoms with van der Waals surface area (Å²) in [6, 6.07) is 16.9. The second kappa shape index (κ2) is 10.1. The molecule has 0 spiro atoms. The van der Waals surface area contributed by atoms with Crippen LogP contribution < -0.4 is 5.32 Å². The summed E-state index contributed by atoms with van der Waals surface area (Å²) in [4.78, 5) is 3.57. The Hall–Kier alpha value is -2.34. The van der Waals surface area contributed by atoms with Gasteiger partial charge in [-0.05, 0) is 35.7 Å². The van der Waals surface area contributed by atoms with Gasteiger partial charge >= 0.3 is 0 Å². The highest BCUT2D eigenvalue weighted by molar-refractivity contribution is 5.95. The van der Waals surface area contributed by atoms with E-state index < -0.39 is 0 Å². The van der Waals surface area contributed by atoms with Crippen LogP contribution in [0.2, 0.25) is 0 Å². The Bertz CT molecular complexity index is 830. The van der Waals surface area contributed by atoms with E-state index in [-0.39, 0.29) is 0 Å². The normalized spacial score (nSPS) is 11.2. The topological polar surface area (TPSA) is 55.5 Å². The second-order valence-corrected chi connectivity index (χ2v) is 6.48. The van der Waals surface area contributed by atoms with Crippen molar-refractivity contribution in [3.63, 3.8) is 0 Å². The number of anilines is 1. The number of aromatic nitrogens is 1. The van der Waals surface area contributed by atoms with E-state index in [1.165, 1.54) is 10.9 Å². The highest BCUT2D eigenvalue weighted by Crippen LogP contribution is 2.30. The fraction of sp³-hybridized carbons (Fsp3) is 0.364. The van der Waals surface area contributed by atoms with Gasteiger partial charge in [-0.25, -0.2) is 0 Å². The molecular formula is C22H28N2O3. The van der Waals surface area contributed by atoms with Crippen LogP contribution in [0, 0.1) is 0 Å². The number of nitrogens with one attached hydrogen (secondary N) is 2. The maximum atomic E-state index is 5.72. The first-order valence-corrected chi connectivity index (χ1v) is 9.32. The molecule has 0 amide bonds. The van der Waals surface area contributed by atoms with E-state index in [1.54, 1.807) is 14.2 Å². The summed E-state index contributed by atoms with van der Waals surface area (Å²) < 4.78 is 15.9. The lowest BCUT2D eigenvalue weighted by Crippen LogP contribution is -2.06. The molecule has 1 heterocycles. The summed E-state index contributed by atoms with van der Waals surface area (Å²) in [6.07, 6.45) is 0.957. The van der Waals surface area contributed by atoms with Crippen molar-refractivity contribution >= 4 is 16.6 Å². The number of rotatable bonds is 11. The number of hydrogen-bond donors (Lipinski definition) is 2. The van der Waals surface area contributed by atoms with E-state index in [0.717, 1.165) is 42.0 Å². The predicted molar refractivity (Wildman–Crippen MR) is 110 cm³/mol. The molecule has 5 nitrogen and oxygen atoms in total. The fourth-order valence-electron chi connectivity index (χ4n) is 3.07. The van der Waals surface area contributed by atoms with Gasteiger partial charge in [0.15, 0.2) is 0 Å². The van der Waals surface area contributed by atoms with Crippen molar-refractivity contribution in [3.8, 4) is 11.3 Å². The van der Waals surface area contributed by atoms with Crippen molar-refractivity contribution in [1.29, 1.82) is 0 Å². The van der Waals surface area contributed by atoms with Crippen molar-refractivity contribution in [2.75, 3.05) is 45.9 Å². The van der Waals surface area contributed by atoms with Crippen LogP contribution in [0.5, 0.6) is 0 Å². The van der Waals surface area contributed by atoms with E-state index in [9.17, 15) is 0 Å². The predicted octanol–water partition coefficient (Wildman–Crippen LogP) is 4.45. The Balaban J connectivity index is 1.86. The van der Waals surface area contributed by atoms with Gasteiger partial charge in [0.1, 0.15) is 0 Å². The molecule has 0 aliphatic rings. The SMILES string of the molecule is COCCCNc1cc(COCCOC)cc2cc(-c3ccccc3)[nH]c12. The van der Waals surface area contributed by atoms with E-state index in [4.69, 9.17) is 14.2 Å². The van der Waals surface area contributed by atoms with Crippen molar-refractivity contribution in [1.82, 2.24) is 4.98 Å². The number of hydrogen-bond acceptors (Lipinski definition) is 4. The molecule has 2 aromatic carbocycles.